The molecule has 8 nitrogen and oxygen atoms in total. The van der Waals surface area contributed by atoms with E-state index in [9.17, 15) is 20.2 Å². The third kappa shape index (κ3) is 4.59. The van der Waals surface area contributed by atoms with E-state index in [2.05, 4.69) is 0 Å². The Morgan fingerprint density at radius 1 is 1.33 bits per heavy atom. The summed E-state index contributed by atoms with van der Waals surface area (Å²) in [4.78, 5) is 22.6. The first-order valence-electron chi connectivity index (χ1n) is 8.10. The number of carbonyl (C=O) groups excluding carboxylic acids is 1. The zero-order valence-corrected chi connectivity index (χ0v) is 15.3. The van der Waals surface area contributed by atoms with Crippen molar-refractivity contribution in [3.05, 3.63) is 63.0 Å². The van der Waals surface area contributed by atoms with Gasteiger partial charge in [0.1, 0.15) is 18.2 Å². The maximum atomic E-state index is 12.0. The smallest absolute Gasteiger partial charge is 0.348 e. The first kappa shape index (κ1) is 19.9. The molecule has 0 spiro atoms. The van der Waals surface area contributed by atoms with Crippen LogP contribution in [0.5, 0.6) is 0 Å². The third-order valence-corrected chi connectivity index (χ3v) is 3.93. The predicted molar refractivity (Wildman–Crippen MR) is 98.3 cm³/mol. The van der Waals surface area contributed by atoms with Crippen LogP contribution >= 0.6 is 0 Å². The number of carbonyl (C=O) groups is 1. The Balaban J connectivity index is 2.40. The molecule has 2 rings (SSSR count). The molecule has 0 amide bonds. The van der Waals surface area contributed by atoms with Crippen LogP contribution in [0.15, 0.2) is 35.9 Å². The van der Waals surface area contributed by atoms with Crippen LogP contribution in [-0.4, -0.2) is 35.8 Å². The van der Waals surface area contributed by atoms with Gasteiger partial charge in [0.2, 0.25) is 0 Å². The fraction of sp³-hybridized carbons (Fsp3) is 0.263. The van der Waals surface area contributed by atoms with Gasteiger partial charge in [-0.05, 0) is 37.6 Å². The van der Waals surface area contributed by atoms with E-state index >= 15 is 0 Å². The lowest BCUT2D eigenvalue weighted by Crippen LogP contribution is -2.11. The second-order valence-corrected chi connectivity index (χ2v) is 5.74. The molecular weight excluding hydrogens is 350 g/mol. The number of nitrogens with zero attached hydrogens (tertiary/aromatic N) is 3. The van der Waals surface area contributed by atoms with E-state index in [1.54, 1.807) is 18.2 Å². The van der Waals surface area contributed by atoms with E-state index in [-0.39, 0.29) is 24.5 Å². The highest BCUT2D eigenvalue weighted by atomic mass is 16.6. The van der Waals surface area contributed by atoms with Crippen LogP contribution in [0.25, 0.3) is 11.8 Å². The molecule has 2 aromatic rings. The number of methoxy groups -OCH3 is 1. The number of nitro benzene ring substituents is 1. The second-order valence-electron chi connectivity index (χ2n) is 5.74. The molecule has 0 saturated carbocycles. The van der Waals surface area contributed by atoms with Gasteiger partial charge in [-0.25, -0.2) is 4.79 Å². The summed E-state index contributed by atoms with van der Waals surface area (Å²) in [6.07, 6.45) is 1.45. The fourth-order valence-corrected chi connectivity index (χ4v) is 2.66. The molecule has 1 aromatic heterocycles. The molecule has 0 N–H and O–H groups in total. The summed E-state index contributed by atoms with van der Waals surface area (Å²) in [5.74, 6) is -0.727. The van der Waals surface area contributed by atoms with Crippen molar-refractivity contribution in [2.24, 2.45) is 0 Å². The molecule has 1 aromatic carbocycles. The zero-order chi connectivity index (χ0) is 20.0. The highest BCUT2D eigenvalue weighted by molar-refractivity contribution is 5.98. The number of aromatic nitrogens is 1. The number of ether oxygens (including phenoxy) is 2. The van der Waals surface area contributed by atoms with Gasteiger partial charge in [0, 0.05) is 30.6 Å². The molecule has 0 bridgehead atoms. The number of hydrogen-bond acceptors (Lipinski definition) is 6. The normalized spacial score (nSPS) is 11.1. The summed E-state index contributed by atoms with van der Waals surface area (Å²) >= 11 is 0. The molecule has 0 unspecified atom stereocenters. The van der Waals surface area contributed by atoms with Gasteiger partial charge in [-0.3, -0.25) is 10.1 Å². The van der Waals surface area contributed by atoms with Crippen molar-refractivity contribution in [2.45, 2.75) is 13.8 Å². The Morgan fingerprint density at radius 2 is 2.07 bits per heavy atom. The molecular formula is C19H19N3O5. The zero-order valence-electron chi connectivity index (χ0n) is 15.3. The van der Waals surface area contributed by atoms with Gasteiger partial charge < -0.3 is 14.0 Å². The van der Waals surface area contributed by atoms with Gasteiger partial charge in [-0.2, -0.15) is 5.26 Å². The van der Waals surface area contributed by atoms with E-state index < -0.39 is 10.9 Å². The van der Waals surface area contributed by atoms with Crippen molar-refractivity contribution in [3.63, 3.8) is 0 Å². The third-order valence-electron chi connectivity index (χ3n) is 3.93. The quantitative estimate of drug-likeness (QED) is 0.185. The lowest BCUT2D eigenvalue weighted by Gasteiger charge is -2.09. The Morgan fingerprint density at radius 3 is 2.70 bits per heavy atom. The Kier molecular flexibility index (Phi) is 6.46. The number of nitro groups is 1. The fourth-order valence-electron chi connectivity index (χ4n) is 2.66. The maximum Gasteiger partial charge on any atom is 0.348 e. The van der Waals surface area contributed by atoms with Crippen molar-refractivity contribution in [2.75, 3.05) is 20.3 Å². The number of rotatable bonds is 7. The van der Waals surface area contributed by atoms with Crippen LogP contribution in [0.2, 0.25) is 0 Å². The summed E-state index contributed by atoms with van der Waals surface area (Å²) in [6.45, 7) is 3.95. The summed E-state index contributed by atoms with van der Waals surface area (Å²) in [5.41, 5.74) is 2.68. The lowest BCUT2D eigenvalue weighted by molar-refractivity contribution is -0.384. The SMILES string of the molecule is COCCOC(=O)/C(C#N)=C/c1cc(C)n(-c2cccc([N+](=O)[O-])c2)c1C. The number of aryl methyl sites for hydroxylation is 1. The average molecular weight is 369 g/mol. The van der Waals surface area contributed by atoms with Crippen LogP contribution in [0.1, 0.15) is 17.0 Å². The van der Waals surface area contributed by atoms with Gasteiger partial charge in [-0.1, -0.05) is 6.07 Å². The highest BCUT2D eigenvalue weighted by Gasteiger charge is 2.16. The summed E-state index contributed by atoms with van der Waals surface area (Å²) < 4.78 is 11.6. The molecule has 0 saturated heterocycles. The van der Waals surface area contributed by atoms with Crippen LogP contribution in [0.3, 0.4) is 0 Å². The van der Waals surface area contributed by atoms with Crippen molar-refractivity contribution < 1.29 is 19.2 Å². The molecule has 0 radical (unpaired) electrons. The minimum atomic E-state index is -0.727. The van der Waals surface area contributed by atoms with Gasteiger partial charge in [0.25, 0.3) is 5.69 Å². The maximum absolute atomic E-state index is 12.0. The Bertz CT molecular complexity index is 937. The van der Waals surface area contributed by atoms with Crippen LogP contribution < -0.4 is 0 Å². The lowest BCUT2D eigenvalue weighted by atomic mass is 10.1. The molecule has 8 heteroatoms. The molecule has 0 atom stereocenters. The summed E-state index contributed by atoms with van der Waals surface area (Å²) in [6, 6.07) is 9.89. The van der Waals surface area contributed by atoms with E-state index in [0.717, 1.165) is 11.4 Å². The Labute approximate surface area is 156 Å². The van der Waals surface area contributed by atoms with E-state index in [1.807, 2.05) is 24.5 Å². The average Bonchev–Trinajstić information content (AvgIpc) is 2.93. The standard InChI is InChI=1S/C19H19N3O5/c1-13-9-15(10-16(12-20)19(23)27-8-7-26-3)14(2)21(13)17-5-4-6-18(11-17)22(24)25/h4-6,9-11H,7-8H2,1-3H3/b16-10+. The number of esters is 1. The molecule has 27 heavy (non-hydrogen) atoms. The second kappa shape index (κ2) is 8.78. The minimum absolute atomic E-state index is 0.0171. The minimum Gasteiger partial charge on any atom is -0.459 e. The monoisotopic (exact) mass is 369 g/mol. The van der Waals surface area contributed by atoms with Gasteiger partial charge in [0.15, 0.2) is 0 Å². The van der Waals surface area contributed by atoms with Gasteiger partial charge >= 0.3 is 5.97 Å². The molecule has 140 valence electrons. The van der Waals surface area contributed by atoms with Crippen molar-refractivity contribution >= 4 is 17.7 Å². The Hall–Kier alpha value is -3.44. The molecule has 1 heterocycles. The van der Waals surface area contributed by atoms with Crippen molar-refractivity contribution in [1.82, 2.24) is 4.57 Å². The van der Waals surface area contributed by atoms with E-state index in [4.69, 9.17) is 9.47 Å². The van der Waals surface area contributed by atoms with E-state index in [1.165, 1.54) is 25.3 Å². The topological polar surface area (TPSA) is 107 Å². The number of hydrogen-bond donors (Lipinski definition) is 0. The highest BCUT2D eigenvalue weighted by Crippen LogP contribution is 2.25. The number of non-ortho nitro benzene ring substituents is 1. The predicted octanol–water partition coefficient (Wildman–Crippen LogP) is 3.10. The van der Waals surface area contributed by atoms with Gasteiger partial charge in [-0.15, -0.1) is 0 Å². The van der Waals surface area contributed by atoms with Crippen LogP contribution in [0.4, 0.5) is 5.69 Å². The van der Waals surface area contributed by atoms with Crippen LogP contribution in [-0.2, 0) is 14.3 Å². The molecule has 0 aliphatic heterocycles. The summed E-state index contributed by atoms with van der Waals surface area (Å²) in [7, 11) is 1.48. The molecule has 0 aliphatic rings. The van der Waals surface area contributed by atoms with E-state index in [0.29, 0.717) is 11.3 Å². The number of benzene rings is 1. The largest absolute Gasteiger partial charge is 0.459 e. The first-order valence-corrected chi connectivity index (χ1v) is 8.10. The van der Waals surface area contributed by atoms with Crippen molar-refractivity contribution in [1.29, 1.82) is 5.26 Å². The number of nitriles is 1. The first-order chi connectivity index (χ1) is 12.9. The van der Waals surface area contributed by atoms with Crippen molar-refractivity contribution in [3.8, 4) is 11.8 Å². The molecule has 0 fully saturated rings. The van der Waals surface area contributed by atoms with Crippen LogP contribution in [0, 0.1) is 35.3 Å². The van der Waals surface area contributed by atoms with Gasteiger partial charge in [0.05, 0.1) is 17.2 Å². The summed E-state index contributed by atoms with van der Waals surface area (Å²) in [5, 5.41) is 20.3. The molecule has 0 aliphatic carbocycles.